The average Bonchev–Trinajstić information content (AvgIpc) is 2.57. The highest BCUT2D eigenvalue weighted by molar-refractivity contribution is 5.86. The largest absolute Gasteiger partial charge is 0.490 e. The van der Waals surface area contributed by atoms with Crippen molar-refractivity contribution in [3.63, 3.8) is 0 Å². The number of ether oxygens (including phenoxy) is 2. The summed E-state index contributed by atoms with van der Waals surface area (Å²) in [6, 6.07) is 5.66. The van der Waals surface area contributed by atoms with Crippen molar-refractivity contribution in [1.82, 2.24) is 5.32 Å². The highest BCUT2D eigenvalue weighted by Crippen LogP contribution is 2.31. The molecule has 1 fully saturated rings. The highest BCUT2D eigenvalue weighted by Gasteiger charge is 2.35. The fraction of sp³-hybridized carbons (Fsp3) is 0.632. The third kappa shape index (κ3) is 4.41. The lowest BCUT2D eigenvalue weighted by molar-refractivity contribution is -0.128. The first-order valence-corrected chi connectivity index (χ1v) is 8.99. The minimum atomic E-state index is -0.722. The highest BCUT2D eigenvalue weighted by atomic mass is 16.5. The van der Waals surface area contributed by atoms with Crippen LogP contribution in [0, 0.1) is 0 Å². The lowest BCUT2D eigenvalue weighted by atomic mass is 9.81. The van der Waals surface area contributed by atoms with Gasteiger partial charge in [0.1, 0.15) is 0 Å². The van der Waals surface area contributed by atoms with E-state index in [-0.39, 0.29) is 11.9 Å². The standard InChI is InChI=1S/C19H30N2O3/c1-4-23-16-10-9-15(13-17(16)24-5-2)14(3)21-18(22)19(20)11-7-6-8-12-19/h9-10,13-14H,4-8,11-12,20H2,1-3H3,(H,21,22). The van der Waals surface area contributed by atoms with Gasteiger partial charge in [-0.15, -0.1) is 0 Å². The average molecular weight is 334 g/mol. The SMILES string of the molecule is CCOc1ccc(C(C)NC(=O)C2(N)CCCCC2)cc1OCC. The van der Waals surface area contributed by atoms with Crippen molar-refractivity contribution in [2.24, 2.45) is 5.73 Å². The van der Waals surface area contributed by atoms with Crippen molar-refractivity contribution in [2.75, 3.05) is 13.2 Å². The van der Waals surface area contributed by atoms with E-state index in [0.29, 0.717) is 19.0 Å². The van der Waals surface area contributed by atoms with E-state index >= 15 is 0 Å². The number of nitrogens with two attached hydrogens (primary N) is 1. The summed E-state index contributed by atoms with van der Waals surface area (Å²) in [5, 5.41) is 3.07. The number of carbonyl (C=O) groups is 1. The Labute approximate surface area is 144 Å². The normalized spacial score (nSPS) is 17.8. The van der Waals surface area contributed by atoms with Crippen LogP contribution in [0.5, 0.6) is 11.5 Å². The summed E-state index contributed by atoms with van der Waals surface area (Å²) in [4.78, 5) is 12.6. The van der Waals surface area contributed by atoms with Crippen LogP contribution in [0.3, 0.4) is 0 Å². The summed E-state index contributed by atoms with van der Waals surface area (Å²) in [5.41, 5.74) is 6.57. The zero-order valence-electron chi connectivity index (χ0n) is 15.1. The molecule has 2 rings (SSSR count). The van der Waals surface area contributed by atoms with Gasteiger partial charge >= 0.3 is 0 Å². The molecule has 0 bridgehead atoms. The van der Waals surface area contributed by atoms with Crippen molar-refractivity contribution in [3.8, 4) is 11.5 Å². The van der Waals surface area contributed by atoms with E-state index in [0.717, 1.165) is 37.0 Å². The van der Waals surface area contributed by atoms with Crippen LogP contribution in [0.4, 0.5) is 0 Å². The molecule has 24 heavy (non-hydrogen) atoms. The van der Waals surface area contributed by atoms with Crippen LogP contribution >= 0.6 is 0 Å². The molecule has 0 radical (unpaired) electrons. The summed E-state index contributed by atoms with van der Waals surface area (Å²) in [6.07, 6.45) is 4.74. The maximum Gasteiger partial charge on any atom is 0.240 e. The van der Waals surface area contributed by atoms with Crippen LogP contribution in [-0.2, 0) is 4.79 Å². The van der Waals surface area contributed by atoms with E-state index in [1.54, 1.807) is 0 Å². The molecule has 134 valence electrons. The van der Waals surface area contributed by atoms with Gasteiger partial charge in [-0.25, -0.2) is 0 Å². The second kappa shape index (κ2) is 8.38. The van der Waals surface area contributed by atoms with E-state index in [2.05, 4.69) is 5.32 Å². The number of carbonyl (C=O) groups excluding carboxylic acids is 1. The lowest BCUT2D eigenvalue weighted by Crippen LogP contribution is -2.55. The van der Waals surface area contributed by atoms with Gasteiger partial charge in [0, 0.05) is 0 Å². The van der Waals surface area contributed by atoms with Crippen LogP contribution in [0.2, 0.25) is 0 Å². The molecule has 1 aromatic rings. The number of amides is 1. The Morgan fingerprint density at radius 1 is 1.17 bits per heavy atom. The smallest absolute Gasteiger partial charge is 0.240 e. The van der Waals surface area contributed by atoms with Crippen molar-refractivity contribution in [2.45, 2.75) is 64.5 Å². The van der Waals surface area contributed by atoms with Gasteiger partial charge in [0.05, 0.1) is 24.8 Å². The third-order valence-electron chi connectivity index (χ3n) is 4.61. The van der Waals surface area contributed by atoms with E-state index < -0.39 is 5.54 Å². The number of nitrogens with one attached hydrogen (secondary N) is 1. The van der Waals surface area contributed by atoms with Gasteiger partial charge in [-0.3, -0.25) is 4.79 Å². The molecule has 1 aromatic carbocycles. The Morgan fingerprint density at radius 3 is 2.42 bits per heavy atom. The number of rotatable bonds is 7. The second-order valence-electron chi connectivity index (χ2n) is 6.48. The van der Waals surface area contributed by atoms with Gasteiger partial charge in [0.2, 0.25) is 5.91 Å². The molecule has 0 aromatic heterocycles. The first kappa shape index (κ1) is 18.6. The molecule has 0 spiro atoms. The number of hydrogen-bond acceptors (Lipinski definition) is 4. The molecular formula is C19H30N2O3. The monoisotopic (exact) mass is 334 g/mol. The Morgan fingerprint density at radius 2 is 1.79 bits per heavy atom. The fourth-order valence-electron chi connectivity index (χ4n) is 3.17. The van der Waals surface area contributed by atoms with Crippen LogP contribution in [-0.4, -0.2) is 24.7 Å². The van der Waals surface area contributed by atoms with Gasteiger partial charge in [0.25, 0.3) is 0 Å². The fourth-order valence-corrected chi connectivity index (χ4v) is 3.17. The van der Waals surface area contributed by atoms with E-state index in [1.165, 1.54) is 6.42 Å². The zero-order valence-corrected chi connectivity index (χ0v) is 15.1. The minimum Gasteiger partial charge on any atom is -0.490 e. The second-order valence-corrected chi connectivity index (χ2v) is 6.48. The molecule has 0 heterocycles. The van der Waals surface area contributed by atoms with Crippen molar-refractivity contribution >= 4 is 5.91 Å². The first-order chi connectivity index (χ1) is 11.5. The lowest BCUT2D eigenvalue weighted by Gasteiger charge is -2.33. The van der Waals surface area contributed by atoms with Gasteiger partial charge in [0.15, 0.2) is 11.5 Å². The summed E-state index contributed by atoms with van der Waals surface area (Å²) < 4.78 is 11.2. The molecule has 1 atom stereocenters. The molecule has 1 saturated carbocycles. The molecule has 5 heteroatoms. The maximum atomic E-state index is 12.6. The molecule has 3 N–H and O–H groups in total. The van der Waals surface area contributed by atoms with Gasteiger partial charge in [-0.2, -0.15) is 0 Å². The van der Waals surface area contributed by atoms with Crippen molar-refractivity contribution in [1.29, 1.82) is 0 Å². The molecule has 0 aliphatic heterocycles. The van der Waals surface area contributed by atoms with E-state index in [9.17, 15) is 4.79 Å². The quantitative estimate of drug-likeness (QED) is 0.802. The zero-order chi connectivity index (χ0) is 17.6. The molecule has 0 saturated heterocycles. The summed E-state index contributed by atoms with van der Waals surface area (Å²) in [7, 11) is 0. The Bertz CT molecular complexity index is 554. The Kier molecular flexibility index (Phi) is 6.49. The van der Waals surface area contributed by atoms with Crippen LogP contribution in [0.1, 0.15) is 64.5 Å². The molecule has 5 nitrogen and oxygen atoms in total. The van der Waals surface area contributed by atoms with E-state index in [1.807, 2.05) is 39.0 Å². The number of benzene rings is 1. The maximum absolute atomic E-state index is 12.6. The number of hydrogen-bond donors (Lipinski definition) is 2. The predicted molar refractivity (Wildman–Crippen MR) is 95.3 cm³/mol. The molecule has 1 unspecified atom stereocenters. The van der Waals surface area contributed by atoms with Crippen LogP contribution < -0.4 is 20.5 Å². The van der Waals surface area contributed by atoms with Gasteiger partial charge < -0.3 is 20.5 Å². The molecule has 1 aliphatic carbocycles. The Balaban J connectivity index is 2.09. The van der Waals surface area contributed by atoms with Gasteiger partial charge in [-0.1, -0.05) is 25.3 Å². The molecule has 1 aliphatic rings. The van der Waals surface area contributed by atoms with Gasteiger partial charge in [-0.05, 0) is 51.3 Å². The topological polar surface area (TPSA) is 73.6 Å². The van der Waals surface area contributed by atoms with Crippen molar-refractivity contribution in [3.05, 3.63) is 23.8 Å². The van der Waals surface area contributed by atoms with Crippen molar-refractivity contribution < 1.29 is 14.3 Å². The van der Waals surface area contributed by atoms with E-state index in [4.69, 9.17) is 15.2 Å². The molecular weight excluding hydrogens is 304 g/mol. The van der Waals surface area contributed by atoms with Crippen LogP contribution in [0.15, 0.2) is 18.2 Å². The summed E-state index contributed by atoms with van der Waals surface area (Å²) in [6.45, 7) is 7.00. The summed E-state index contributed by atoms with van der Waals surface area (Å²) in [5.74, 6) is 1.38. The third-order valence-corrected chi connectivity index (χ3v) is 4.61. The molecule has 1 amide bonds. The Hall–Kier alpha value is -1.75. The predicted octanol–water partition coefficient (Wildman–Crippen LogP) is 3.32. The minimum absolute atomic E-state index is 0.0541. The summed E-state index contributed by atoms with van der Waals surface area (Å²) >= 11 is 0. The van der Waals surface area contributed by atoms with Crippen LogP contribution in [0.25, 0.3) is 0 Å². The first-order valence-electron chi connectivity index (χ1n) is 8.99.